The van der Waals surface area contributed by atoms with Crippen molar-refractivity contribution in [1.29, 1.82) is 0 Å². The van der Waals surface area contributed by atoms with Crippen molar-refractivity contribution in [3.05, 3.63) is 35.6 Å². The van der Waals surface area contributed by atoms with Crippen LogP contribution in [0.3, 0.4) is 0 Å². The summed E-state index contributed by atoms with van der Waals surface area (Å²) in [6.07, 6.45) is 11.6. The van der Waals surface area contributed by atoms with E-state index < -0.39 is 6.10 Å². The van der Waals surface area contributed by atoms with E-state index in [-0.39, 0.29) is 12.0 Å². The molecule has 0 saturated carbocycles. The molecule has 1 aliphatic carbocycles. The van der Waals surface area contributed by atoms with Crippen LogP contribution < -0.4 is 5.73 Å². The maximum Gasteiger partial charge on any atom is 0.0943 e. The first-order valence-corrected chi connectivity index (χ1v) is 9.15. The summed E-state index contributed by atoms with van der Waals surface area (Å²) in [6, 6.07) is 0.175. The van der Waals surface area contributed by atoms with E-state index in [4.69, 9.17) is 5.73 Å². The lowest BCUT2D eigenvalue weighted by atomic mass is 9.83. The van der Waals surface area contributed by atoms with Crippen LogP contribution >= 0.6 is 0 Å². The topological polar surface area (TPSA) is 66.5 Å². The molecule has 0 radical (unpaired) electrons. The van der Waals surface area contributed by atoms with Crippen molar-refractivity contribution in [1.82, 2.24) is 0 Å². The third kappa shape index (κ3) is 6.52. The maximum absolute atomic E-state index is 10.7. The second-order valence-corrected chi connectivity index (χ2v) is 6.79. The van der Waals surface area contributed by atoms with Gasteiger partial charge in [-0.05, 0) is 50.5 Å². The van der Waals surface area contributed by atoms with Crippen LogP contribution in [0.2, 0.25) is 0 Å². The van der Waals surface area contributed by atoms with E-state index in [1.54, 1.807) is 0 Å². The van der Waals surface area contributed by atoms with Crippen molar-refractivity contribution in [3.63, 3.8) is 0 Å². The second-order valence-electron chi connectivity index (χ2n) is 6.79. The lowest BCUT2D eigenvalue weighted by Crippen LogP contribution is -2.25. The minimum absolute atomic E-state index is 0.0850. The van der Waals surface area contributed by atoms with E-state index in [9.17, 15) is 10.2 Å². The molecule has 3 unspecified atom stereocenters. The molecule has 1 aliphatic rings. The molecule has 0 spiro atoms. The molecular formula is C20H35NO2. The molecule has 0 saturated heterocycles. The Hall–Kier alpha value is -1.06. The summed E-state index contributed by atoms with van der Waals surface area (Å²) in [7, 11) is 0. The van der Waals surface area contributed by atoms with E-state index in [0.717, 1.165) is 56.9 Å². The number of hydrogen-bond acceptors (Lipinski definition) is 3. The first kappa shape index (κ1) is 20.0. The van der Waals surface area contributed by atoms with Crippen LogP contribution in [-0.4, -0.2) is 22.4 Å². The Morgan fingerprint density at radius 3 is 2.78 bits per heavy atom. The van der Waals surface area contributed by atoms with E-state index in [1.165, 1.54) is 5.57 Å². The van der Waals surface area contributed by atoms with Crippen molar-refractivity contribution in [3.8, 4) is 0 Å². The third-order valence-electron chi connectivity index (χ3n) is 4.88. The number of rotatable bonds is 9. The largest absolute Gasteiger partial charge is 0.512 e. The van der Waals surface area contributed by atoms with Crippen molar-refractivity contribution < 1.29 is 10.2 Å². The van der Waals surface area contributed by atoms with Crippen molar-refractivity contribution >= 4 is 0 Å². The first-order chi connectivity index (χ1) is 11.0. The summed E-state index contributed by atoms with van der Waals surface area (Å²) < 4.78 is 0. The third-order valence-corrected chi connectivity index (χ3v) is 4.88. The zero-order valence-corrected chi connectivity index (χ0v) is 14.9. The molecule has 132 valence electrons. The number of aliphatic hydroxyl groups excluding tert-OH is 2. The Labute approximate surface area is 142 Å². The molecule has 23 heavy (non-hydrogen) atoms. The van der Waals surface area contributed by atoms with Gasteiger partial charge in [0.05, 0.1) is 11.9 Å². The highest BCUT2D eigenvalue weighted by Gasteiger charge is 2.25. The van der Waals surface area contributed by atoms with Crippen LogP contribution in [0, 0.1) is 5.92 Å². The Morgan fingerprint density at radius 1 is 1.39 bits per heavy atom. The summed E-state index contributed by atoms with van der Waals surface area (Å²) in [5, 5.41) is 21.0. The van der Waals surface area contributed by atoms with Crippen LogP contribution in [0.25, 0.3) is 0 Å². The van der Waals surface area contributed by atoms with Gasteiger partial charge in [-0.15, -0.1) is 6.58 Å². The molecule has 0 aromatic heterocycles. The zero-order valence-electron chi connectivity index (χ0n) is 14.9. The highest BCUT2D eigenvalue weighted by molar-refractivity contribution is 5.22. The highest BCUT2D eigenvalue weighted by Crippen LogP contribution is 2.32. The molecule has 1 rings (SSSR count). The quantitative estimate of drug-likeness (QED) is 0.535. The molecule has 0 aromatic carbocycles. The fraction of sp³-hybridized carbons (Fsp3) is 0.700. The molecule has 0 amide bonds. The fourth-order valence-corrected chi connectivity index (χ4v) is 3.36. The Balaban J connectivity index is 2.64. The average molecular weight is 322 g/mol. The van der Waals surface area contributed by atoms with Gasteiger partial charge >= 0.3 is 0 Å². The van der Waals surface area contributed by atoms with Gasteiger partial charge in [-0.3, -0.25) is 0 Å². The molecule has 0 bridgehead atoms. The Bertz CT molecular complexity index is 425. The number of hydrogen-bond donors (Lipinski definition) is 3. The minimum Gasteiger partial charge on any atom is -0.512 e. The van der Waals surface area contributed by atoms with Crippen molar-refractivity contribution in [2.75, 3.05) is 0 Å². The van der Waals surface area contributed by atoms with Gasteiger partial charge in [-0.2, -0.15) is 0 Å². The van der Waals surface area contributed by atoms with Gasteiger partial charge in [0.15, 0.2) is 0 Å². The lowest BCUT2D eigenvalue weighted by molar-refractivity contribution is 0.152. The SMILES string of the molecule is C=CCCC(N)CCC/C1=C(\O)CC/C=C(/CCC)C(C)C1O. The smallest absolute Gasteiger partial charge is 0.0943 e. The second kappa shape index (κ2) is 10.7. The zero-order chi connectivity index (χ0) is 17.2. The Morgan fingerprint density at radius 2 is 2.13 bits per heavy atom. The highest BCUT2D eigenvalue weighted by atomic mass is 16.3. The molecule has 0 aromatic rings. The van der Waals surface area contributed by atoms with Gasteiger partial charge in [-0.1, -0.05) is 38.0 Å². The molecule has 0 aliphatic heterocycles. The van der Waals surface area contributed by atoms with E-state index in [0.29, 0.717) is 12.2 Å². The summed E-state index contributed by atoms with van der Waals surface area (Å²) in [4.78, 5) is 0. The van der Waals surface area contributed by atoms with Crippen LogP contribution in [0.15, 0.2) is 35.6 Å². The summed E-state index contributed by atoms with van der Waals surface area (Å²) >= 11 is 0. The predicted octanol–water partition coefficient (Wildman–Crippen LogP) is 4.78. The van der Waals surface area contributed by atoms with Crippen molar-refractivity contribution in [2.24, 2.45) is 11.7 Å². The number of allylic oxidation sites excluding steroid dienone is 3. The number of nitrogens with two attached hydrogens (primary N) is 1. The Kier molecular flexibility index (Phi) is 9.27. The molecule has 3 nitrogen and oxygen atoms in total. The standard InChI is InChI=1S/C20H35NO2/c1-4-6-11-17(21)12-8-13-18-19(22)14-7-10-16(9-5-2)15(3)20(18)23/h4,10,15,17,20,22-23H,1,5-9,11-14,21H2,2-3H3/b16-10-,19-18+. The van der Waals surface area contributed by atoms with Crippen LogP contribution in [0.4, 0.5) is 0 Å². The van der Waals surface area contributed by atoms with E-state index >= 15 is 0 Å². The van der Waals surface area contributed by atoms with Gasteiger partial charge < -0.3 is 15.9 Å². The molecular weight excluding hydrogens is 286 g/mol. The van der Waals surface area contributed by atoms with Gasteiger partial charge in [-0.25, -0.2) is 0 Å². The number of aliphatic hydroxyl groups is 2. The molecule has 4 N–H and O–H groups in total. The normalized spacial score (nSPS) is 29.3. The van der Waals surface area contributed by atoms with Crippen LogP contribution in [0.5, 0.6) is 0 Å². The monoisotopic (exact) mass is 321 g/mol. The lowest BCUT2D eigenvalue weighted by Gasteiger charge is -2.27. The van der Waals surface area contributed by atoms with Crippen molar-refractivity contribution in [2.45, 2.75) is 83.8 Å². The average Bonchev–Trinajstić information content (AvgIpc) is 2.53. The molecule has 3 atom stereocenters. The summed E-state index contributed by atoms with van der Waals surface area (Å²) in [5.41, 5.74) is 8.25. The molecule has 0 fully saturated rings. The molecule has 0 heterocycles. The van der Waals surface area contributed by atoms with Gasteiger partial charge in [0.1, 0.15) is 0 Å². The molecule has 3 heteroatoms. The fourth-order valence-electron chi connectivity index (χ4n) is 3.36. The minimum atomic E-state index is -0.572. The predicted molar refractivity (Wildman–Crippen MR) is 98.3 cm³/mol. The van der Waals surface area contributed by atoms with E-state index in [2.05, 4.69) is 26.5 Å². The van der Waals surface area contributed by atoms with Crippen LogP contribution in [-0.2, 0) is 0 Å². The summed E-state index contributed by atoms with van der Waals surface area (Å²) in [5.74, 6) is 0.470. The van der Waals surface area contributed by atoms with Gasteiger partial charge in [0.25, 0.3) is 0 Å². The van der Waals surface area contributed by atoms with E-state index in [1.807, 2.05) is 6.08 Å². The first-order valence-electron chi connectivity index (χ1n) is 9.15. The van der Waals surface area contributed by atoms with Gasteiger partial charge in [0.2, 0.25) is 0 Å². The summed E-state index contributed by atoms with van der Waals surface area (Å²) in [6.45, 7) is 7.96. The van der Waals surface area contributed by atoms with Crippen LogP contribution in [0.1, 0.15) is 71.6 Å². The van der Waals surface area contributed by atoms with Gasteiger partial charge in [0, 0.05) is 18.4 Å². The maximum atomic E-state index is 10.7.